The first-order chi connectivity index (χ1) is 17.1. The van der Waals surface area contributed by atoms with Crippen LogP contribution in [0.3, 0.4) is 0 Å². The second-order valence-electron chi connectivity index (χ2n) is 8.69. The molecule has 0 aliphatic carbocycles. The molecule has 1 heterocycles. The van der Waals surface area contributed by atoms with Gasteiger partial charge in [-0.25, -0.2) is 21.1 Å². The summed E-state index contributed by atoms with van der Waals surface area (Å²) in [6.07, 6.45) is -0.693. The molecule has 3 aromatic carbocycles. The Balaban J connectivity index is 1.48. The fraction of sp³-hybridized carbons (Fsp3) is 0.280. The number of para-hydroxylation sites is 2. The summed E-state index contributed by atoms with van der Waals surface area (Å²) in [5.41, 5.74) is 2.00. The lowest BCUT2D eigenvalue weighted by molar-refractivity contribution is -0.00159. The second-order valence-corrected chi connectivity index (χ2v) is 12.5. The van der Waals surface area contributed by atoms with Crippen LogP contribution in [0.1, 0.15) is 11.8 Å². The van der Waals surface area contributed by atoms with Crippen molar-refractivity contribution < 1.29 is 21.9 Å². The van der Waals surface area contributed by atoms with E-state index in [-0.39, 0.29) is 9.79 Å². The van der Waals surface area contributed by atoms with Crippen molar-refractivity contribution in [3.63, 3.8) is 0 Å². The number of hydrogen-bond acceptors (Lipinski definition) is 7. The number of aliphatic hydroxyl groups is 1. The number of sulfonamides is 2. The number of nitrogens with one attached hydrogen (secondary N) is 1. The van der Waals surface area contributed by atoms with Crippen LogP contribution in [0.4, 0.5) is 11.4 Å². The van der Waals surface area contributed by atoms with Gasteiger partial charge in [-0.05, 0) is 42.0 Å². The zero-order chi connectivity index (χ0) is 25.9. The summed E-state index contributed by atoms with van der Waals surface area (Å²) >= 11 is 0. The van der Waals surface area contributed by atoms with Gasteiger partial charge in [0.2, 0.25) is 10.0 Å². The number of hydrogen-bond donors (Lipinski definition) is 2. The number of aliphatic hydroxyl groups excluding tert-OH is 1. The molecule has 0 amide bonds. The smallest absolute Gasteiger partial charge is 0.261 e. The van der Waals surface area contributed by atoms with Gasteiger partial charge in [-0.1, -0.05) is 42.5 Å². The minimum atomic E-state index is -3.95. The molecule has 0 radical (unpaired) electrons. The van der Waals surface area contributed by atoms with E-state index >= 15 is 0 Å². The Morgan fingerprint density at radius 3 is 1.94 bits per heavy atom. The van der Waals surface area contributed by atoms with Crippen LogP contribution in [0, 0.1) is 0 Å². The molecule has 0 aromatic heterocycles. The normalized spacial score (nSPS) is 16.2. The Labute approximate surface area is 212 Å². The van der Waals surface area contributed by atoms with Gasteiger partial charge >= 0.3 is 0 Å². The molecule has 1 fully saturated rings. The molecule has 1 saturated heterocycles. The third-order valence-electron chi connectivity index (χ3n) is 6.16. The molecule has 0 saturated carbocycles. The van der Waals surface area contributed by atoms with Crippen LogP contribution in [-0.2, 0) is 20.0 Å². The molecule has 2 N–H and O–H groups in total. The highest BCUT2D eigenvalue weighted by Gasteiger charge is 2.26. The molecule has 36 heavy (non-hydrogen) atoms. The predicted octanol–water partition coefficient (Wildman–Crippen LogP) is 2.55. The molecule has 3 aromatic rings. The lowest BCUT2D eigenvalue weighted by Crippen LogP contribution is -2.47. The first kappa shape index (κ1) is 26.1. The van der Waals surface area contributed by atoms with Crippen molar-refractivity contribution in [2.24, 2.45) is 0 Å². The molecule has 11 heteroatoms. The van der Waals surface area contributed by atoms with Crippen molar-refractivity contribution in [3.05, 3.63) is 84.4 Å². The van der Waals surface area contributed by atoms with E-state index in [1.807, 2.05) is 47.4 Å². The minimum Gasteiger partial charge on any atom is -0.374 e. The maximum atomic E-state index is 13.1. The van der Waals surface area contributed by atoms with Crippen molar-refractivity contribution in [3.8, 4) is 0 Å². The molecule has 1 unspecified atom stereocenters. The van der Waals surface area contributed by atoms with Gasteiger partial charge in [-0.3, -0.25) is 9.62 Å². The topological polar surface area (TPSA) is 110 Å². The molecule has 1 aliphatic rings. The van der Waals surface area contributed by atoms with Gasteiger partial charge in [0.05, 0.1) is 21.2 Å². The third-order valence-corrected chi connectivity index (χ3v) is 9.37. The lowest BCUT2D eigenvalue weighted by Gasteiger charge is -2.39. The Hall–Kier alpha value is -2.96. The Bertz CT molecular complexity index is 1390. The van der Waals surface area contributed by atoms with E-state index in [4.69, 9.17) is 0 Å². The number of benzene rings is 3. The van der Waals surface area contributed by atoms with Crippen LogP contribution in [0.5, 0.6) is 0 Å². The summed E-state index contributed by atoms with van der Waals surface area (Å²) in [6.45, 7) is 2.44. The van der Waals surface area contributed by atoms with Crippen LogP contribution < -0.4 is 9.62 Å². The summed E-state index contributed by atoms with van der Waals surface area (Å²) in [4.78, 5) is 4.05. The van der Waals surface area contributed by atoms with Gasteiger partial charge in [0.15, 0.2) is 0 Å². The van der Waals surface area contributed by atoms with Gasteiger partial charge < -0.3 is 10.0 Å². The molecule has 1 atom stereocenters. The van der Waals surface area contributed by atoms with Crippen LogP contribution in [0.25, 0.3) is 0 Å². The van der Waals surface area contributed by atoms with E-state index in [0.717, 1.165) is 15.6 Å². The van der Waals surface area contributed by atoms with Gasteiger partial charge in [0.1, 0.15) is 6.23 Å². The number of piperazine rings is 1. The van der Waals surface area contributed by atoms with Gasteiger partial charge in [-0.15, -0.1) is 0 Å². The Morgan fingerprint density at radius 2 is 1.33 bits per heavy atom. The number of rotatable bonds is 8. The third kappa shape index (κ3) is 5.55. The van der Waals surface area contributed by atoms with E-state index in [1.165, 1.54) is 38.4 Å². The van der Waals surface area contributed by atoms with Crippen molar-refractivity contribution >= 4 is 31.4 Å². The minimum absolute atomic E-state index is 0.0161. The van der Waals surface area contributed by atoms with Crippen molar-refractivity contribution in [2.45, 2.75) is 16.0 Å². The zero-order valence-corrected chi connectivity index (χ0v) is 21.8. The lowest BCUT2D eigenvalue weighted by atomic mass is 10.1. The molecule has 1 aliphatic heterocycles. The van der Waals surface area contributed by atoms with Crippen molar-refractivity contribution in [2.75, 3.05) is 49.9 Å². The number of anilines is 2. The molecule has 0 bridgehead atoms. The summed E-state index contributed by atoms with van der Waals surface area (Å²) in [5.74, 6) is 0. The Kier molecular flexibility index (Phi) is 7.67. The largest absolute Gasteiger partial charge is 0.374 e. The SMILES string of the molecule is CN(C)S(=O)(=O)c1ccc(S(=O)(=O)Nc2ccccc2N2CCN(C(O)c3ccccc3)CC2)cc1. The van der Waals surface area contributed by atoms with E-state index in [9.17, 15) is 21.9 Å². The molecule has 192 valence electrons. The van der Waals surface area contributed by atoms with Gasteiger partial charge in [0.25, 0.3) is 10.0 Å². The maximum absolute atomic E-state index is 13.1. The zero-order valence-electron chi connectivity index (χ0n) is 20.1. The standard InChI is InChI=1S/C25H30N4O5S2/c1-27(2)36(33,34)22-14-12-21(13-15-22)35(31,32)26-23-10-6-7-11-24(23)28-16-18-29(19-17-28)25(30)20-8-4-3-5-9-20/h3-15,25-26,30H,16-19H2,1-2H3. The summed E-state index contributed by atoms with van der Waals surface area (Å²) in [5, 5.41) is 10.7. The van der Waals surface area contributed by atoms with Crippen LogP contribution in [-0.4, -0.2) is 71.4 Å². The average Bonchev–Trinajstić information content (AvgIpc) is 2.89. The average molecular weight is 531 g/mol. The predicted molar refractivity (Wildman–Crippen MR) is 140 cm³/mol. The molecular weight excluding hydrogens is 500 g/mol. The fourth-order valence-electron chi connectivity index (χ4n) is 4.08. The van der Waals surface area contributed by atoms with Gasteiger partial charge in [-0.2, -0.15) is 0 Å². The van der Waals surface area contributed by atoms with Crippen LogP contribution >= 0.6 is 0 Å². The van der Waals surface area contributed by atoms with Crippen molar-refractivity contribution in [1.82, 2.24) is 9.21 Å². The van der Waals surface area contributed by atoms with Crippen LogP contribution in [0.2, 0.25) is 0 Å². The highest BCUT2D eigenvalue weighted by molar-refractivity contribution is 7.92. The number of nitrogens with zero attached hydrogens (tertiary/aromatic N) is 3. The summed E-state index contributed by atoms with van der Waals surface area (Å²) in [7, 11) is -4.78. The summed E-state index contributed by atoms with van der Waals surface area (Å²) < 4.78 is 54.5. The fourth-order valence-corrected chi connectivity index (χ4v) is 6.06. The van der Waals surface area contributed by atoms with Gasteiger partial charge in [0, 0.05) is 40.3 Å². The van der Waals surface area contributed by atoms with E-state index in [0.29, 0.717) is 31.9 Å². The molecule has 0 spiro atoms. The highest BCUT2D eigenvalue weighted by Crippen LogP contribution is 2.30. The van der Waals surface area contributed by atoms with Crippen molar-refractivity contribution in [1.29, 1.82) is 0 Å². The van der Waals surface area contributed by atoms with E-state index < -0.39 is 26.3 Å². The highest BCUT2D eigenvalue weighted by atomic mass is 32.2. The molecule has 4 rings (SSSR count). The summed E-state index contributed by atoms with van der Waals surface area (Å²) in [6, 6.07) is 21.8. The first-order valence-electron chi connectivity index (χ1n) is 11.5. The monoisotopic (exact) mass is 530 g/mol. The quantitative estimate of drug-likeness (QED) is 0.461. The van der Waals surface area contributed by atoms with E-state index in [2.05, 4.69) is 9.62 Å². The second kappa shape index (κ2) is 10.6. The maximum Gasteiger partial charge on any atom is 0.261 e. The van der Waals surface area contributed by atoms with E-state index in [1.54, 1.807) is 12.1 Å². The Morgan fingerprint density at radius 1 is 0.778 bits per heavy atom. The van der Waals surface area contributed by atoms with Crippen LogP contribution in [0.15, 0.2) is 88.7 Å². The molecule has 9 nitrogen and oxygen atoms in total. The first-order valence-corrected chi connectivity index (χ1v) is 14.4. The molecular formula is C25H30N4O5S2.